The van der Waals surface area contributed by atoms with E-state index < -0.39 is 10.1 Å². The molecule has 0 bridgehead atoms. The summed E-state index contributed by atoms with van der Waals surface area (Å²) in [6.45, 7) is 3.85. The fourth-order valence-corrected chi connectivity index (χ4v) is 2.10. The van der Waals surface area contributed by atoms with Crippen LogP contribution in [-0.2, 0) is 14.9 Å². The molecule has 7 heteroatoms. The SMILES string of the molecule is O=S(=O)(O)CCCN1CCOCC1.c1ccncc1. The second-order valence-electron chi connectivity index (χ2n) is 4.12. The number of pyridine rings is 1. The van der Waals surface area contributed by atoms with Gasteiger partial charge in [0.15, 0.2) is 0 Å². The normalized spacial score (nSPS) is 16.5. The topological polar surface area (TPSA) is 79.7 Å². The highest BCUT2D eigenvalue weighted by atomic mass is 32.2. The number of aromatic nitrogens is 1. The maximum atomic E-state index is 10.4. The Labute approximate surface area is 114 Å². The highest BCUT2D eigenvalue weighted by Gasteiger charge is 2.11. The predicted octanol–water partition coefficient (Wildman–Crippen LogP) is 0.678. The monoisotopic (exact) mass is 288 g/mol. The first kappa shape index (κ1) is 16.0. The molecular weight excluding hydrogens is 268 g/mol. The standard InChI is InChI=1S/C7H15NO4S.C5H5N/c9-13(10,11)7-1-2-8-3-5-12-6-4-8;1-2-4-6-5-3-1/h1-7H2,(H,9,10,11);1-5H. The van der Waals surface area contributed by atoms with Crippen LogP contribution in [0.1, 0.15) is 6.42 Å². The molecule has 2 heterocycles. The van der Waals surface area contributed by atoms with Crippen LogP contribution in [0.5, 0.6) is 0 Å². The summed E-state index contributed by atoms with van der Waals surface area (Å²) in [6.07, 6.45) is 3.98. The molecule has 0 saturated carbocycles. The van der Waals surface area contributed by atoms with Crippen LogP contribution in [-0.4, -0.2) is 61.5 Å². The number of hydrogen-bond donors (Lipinski definition) is 1. The quantitative estimate of drug-likeness (QED) is 0.821. The van der Waals surface area contributed by atoms with Crippen molar-refractivity contribution in [2.45, 2.75) is 6.42 Å². The summed E-state index contributed by atoms with van der Waals surface area (Å²) in [7, 11) is -3.78. The molecule has 19 heavy (non-hydrogen) atoms. The van der Waals surface area contributed by atoms with Crippen molar-refractivity contribution in [3.05, 3.63) is 30.6 Å². The number of morpholine rings is 1. The summed E-state index contributed by atoms with van der Waals surface area (Å²) >= 11 is 0. The second-order valence-corrected chi connectivity index (χ2v) is 5.69. The average Bonchev–Trinajstić information content (AvgIpc) is 2.41. The average molecular weight is 288 g/mol. The van der Waals surface area contributed by atoms with E-state index >= 15 is 0 Å². The van der Waals surface area contributed by atoms with Crippen molar-refractivity contribution in [1.82, 2.24) is 9.88 Å². The summed E-state index contributed by atoms with van der Waals surface area (Å²) < 4.78 is 34.4. The summed E-state index contributed by atoms with van der Waals surface area (Å²) in [4.78, 5) is 5.92. The van der Waals surface area contributed by atoms with E-state index in [0.29, 0.717) is 26.2 Å². The highest BCUT2D eigenvalue weighted by molar-refractivity contribution is 7.85. The van der Waals surface area contributed by atoms with Crippen molar-refractivity contribution in [3.8, 4) is 0 Å². The molecule has 0 unspecified atom stereocenters. The van der Waals surface area contributed by atoms with Gasteiger partial charge >= 0.3 is 0 Å². The van der Waals surface area contributed by atoms with E-state index in [1.54, 1.807) is 12.4 Å². The first-order valence-corrected chi connectivity index (χ1v) is 7.79. The van der Waals surface area contributed by atoms with Crippen molar-refractivity contribution in [2.24, 2.45) is 0 Å². The van der Waals surface area contributed by atoms with Crippen LogP contribution < -0.4 is 0 Å². The van der Waals surface area contributed by atoms with E-state index in [-0.39, 0.29) is 5.75 Å². The smallest absolute Gasteiger partial charge is 0.264 e. The summed E-state index contributed by atoms with van der Waals surface area (Å²) in [5, 5.41) is 0. The van der Waals surface area contributed by atoms with Crippen LogP contribution in [0.2, 0.25) is 0 Å². The molecule has 2 rings (SSSR count). The van der Waals surface area contributed by atoms with E-state index in [4.69, 9.17) is 9.29 Å². The first-order valence-electron chi connectivity index (χ1n) is 6.18. The third kappa shape index (κ3) is 9.54. The van der Waals surface area contributed by atoms with Crippen LogP contribution in [0.3, 0.4) is 0 Å². The van der Waals surface area contributed by atoms with E-state index in [1.165, 1.54) is 0 Å². The Balaban J connectivity index is 0.000000250. The summed E-state index contributed by atoms with van der Waals surface area (Å²) in [5.41, 5.74) is 0. The number of hydrogen-bond acceptors (Lipinski definition) is 5. The first-order chi connectivity index (χ1) is 9.08. The molecule has 1 aliphatic heterocycles. The Morgan fingerprint density at radius 1 is 1.16 bits per heavy atom. The Hall–Kier alpha value is -1.02. The van der Waals surface area contributed by atoms with Crippen molar-refractivity contribution < 1.29 is 17.7 Å². The van der Waals surface area contributed by atoms with Crippen LogP contribution in [0.4, 0.5) is 0 Å². The zero-order valence-corrected chi connectivity index (χ0v) is 11.6. The Morgan fingerprint density at radius 3 is 2.21 bits per heavy atom. The minimum Gasteiger partial charge on any atom is -0.379 e. The third-order valence-corrected chi connectivity index (χ3v) is 3.35. The summed E-state index contributed by atoms with van der Waals surface area (Å²) in [6, 6.07) is 5.72. The Bertz CT molecular complexity index is 392. The van der Waals surface area contributed by atoms with Gasteiger partial charge in [-0.15, -0.1) is 0 Å². The van der Waals surface area contributed by atoms with E-state index in [1.807, 2.05) is 18.2 Å². The van der Waals surface area contributed by atoms with Gasteiger partial charge in [-0.05, 0) is 25.1 Å². The van der Waals surface area contributed by atoms with Gasteiger partial charge in [0.05, 0.1) is 19.0 Å². The molecule has 0 aliphatic carbocycles. The Morgan fingerprint density at radius 2 is 1.79 bits per heavy atom. The van der Waals surface area contributed by atoms with Gasteiger partial charge in [0.2, 0.25) is 0 Å². The van der Waals surface area contributed by atoms with Gasteiger partial charge < -0.3 is 4.74 Å². The van der Waals surface area contributed by atoms with Crippen LogP contribution in [0.15, 0.2) is 30.6 Å². The zero-order chi connectivity index (χ0) is 14.0. The van der Waals surface area contributed by atoms with Gasteiger partial charge in [-0.25, -0.2) is 0 Å². The molecular formula is C12H20N2O4S. The molecule has 1 aromatic rings. The maximum Gasteiger partial charge on any atom is 0.264 e. The molecule has 0 amide bonds. The fraction of sp³-hybridized carbons (Fsp3) is 0.583. The van der Waals surface area contributed by atoms with E-state index in [0.717, 1.165) is 13.1 Å². The molecule has 1 aromatic heterocycles. The molecule has 0 atom stereocenters. The largest absolute Gasteiger partial charge is 0.379 e. The molecule has 0 radical (unpaired) electrons. The van der Waals surface area contributed by atoms with Crippen LogP contribution >= 0.6 is 0 Å². The predicted molar refractivity (Wildman–Crippen MR) is 72.5 cm³/mol. The lowest BCUT2D eigenvalue weighted by Gasteiger charge is -2.26. The van der Waals surface area contributed by atoms with Crippen molar-refractivity contribution in [2.75, 3.05) is 38.6 Å². The molecule has 1 fully saturated rings. The second kappa shape index (κ2) is 8.98. The minimum absolute atomic E-state index is 0.148. The molecule has 0 spiro atoms. The third-order valence-electron chi connectivity index (χ3n) is 2.55. The van der Waals surface area contributed by atoms with Gasteiger partial charge in [-0.3, -0.25) is 14.4 Å². The lowest BCUT2D eigenvalue weighted by atomic mass is 10.4. The number of ether oxygens (including phenoxy) is 1. The molecule has 6 nitrogen and oxygen atoms in total. The van der Waals surface area contributed by atoms with Gasteiger partial charge in [0, 0.05) is 25.5 Å². The van der Waals surface area contributed by atoms with E-state index in [9.17, 15) is 8.42 Å². The molecule has 1 aliphatic rings. The highest BCUT2D eigenvalue weighted by Crippen LogP contribution is 1.99. The van der Waals surface area contributed by atoms with Gasteiger partial charge in [-0.2, -0.15) is 8.42 Å². The van der Waals surface area contributed by atoms with Crippen molar-refractivity contribution >= 4 is 10.1 Å². The zero-order valence-electron chi connectivity index (χ0n) is 10.8. The van der Waals surface area contributed by atoms with Crippen molar-refractivity contribution in [3.63, 3.8) is 0 Å². The molecule has 0 aromatic carbocycles. The van der Waals surface area contributed by atoms with Gasteiger partial charge in [0.1, 0.15) is 0 Å². The summed E-state index contributed by atoms with van der Waals surface area (Å²) in [5.74, 6) is -0.148. The van der Waals surface area contributed by atoms with Crippen LogP contribution in [0, 0.1) is 0 Å². The lowest BCUT2D eigenvalue weighted by Crippen LogP contribution is -2.37. The van der Waals surface area contributed by atoms with Gasteiger partial charge in [-0.1, -0.05) is 6.07 Å². The molecule has 108 valence electrons. The molecule has 1 N–H and O–H groups in total. The minimum atomic E-state index is -3.78. The fourth-order valence-electron chi connectivity index (χ4n) is 1.61. The van der Waals surface area contributed by atoms with E-state index in [2.05, 4.69) is 9.88 Å². The van der Waals surface area contributed by atoms with Gasteiger partial charge in [0.25, 0.3) is 10.1 Å². The number of nitrogens with zero attached hydrogens (tertiary/aromatic N) is 2. The van der Waals surface area contributed by atoms with Crippen LogP contribution in [0.25, 0.3) is 0 Å². The van der Waals surface area contributed by atoms with Crippen molar-refractivity contribution in [1.29, 1.82) is 0 Å². The number of rotatable bonds is 4. The lowest BCUT2D eigenvalue weighted by molar-refractivity contribution is 0.0380. The molecule has 1 saturated heterocycles. The Kier molecular flexibility index (Phi) is 7.57. The maximum absolute atomic E-state index is 10.4.